The van der Waals surface area contributed by atoms with E-state index in [1.807, 2.05) is 6.33 Å². The van der Waals surface area contributed by atoms with Gasteiger partial charge in [-0.1, -0.05) is 0 Å². The Labute approximate surface area is 109 Å². The van der Waals surface area contributed by atoms with E-state index in [2.05, 4.69) is 33.9 Å². The van der Waals surface area contributed by atoms with E-state index >= 15 is 0 Å². The molecule has 1 saturated heterocycles. The highest BCUT2D eigenvalue weighted by molar-refractivity contribution is 5.85. The van der Waals surface area contributed by atoms with E-state index in [0.717, 1.165) is 13.1 Å². The van der Waals surface area contributed by atoms with Gasteiger partial charge in [-0.25, -0.2) is 0 Å². The van der Waals surface area contributed by atoms with Crippen molar-refractivity contribution in [3.8, 4) is 0 Å². The van der Waals surface area contributed by atoms with E-state index in [-0.39, 0.29) is 24.8 Å². The Bertz CT molecular complexity index is 295. The number of hydrogen-bond acceptors (Lipinski definition) is 3. The Kier molecular flexibility index (Phi) is 6.95. The first-order valence-electron chi connectivity index (χ1n) is 5.39. The van der Waals surface area contributed by atoms with Crippen molar-refractivity contribution in [3.63, 3.8) is 0 Å². The maximum atomic E-state index is 4.25. The highest BCUT2D eigenvalue weighted by Gasteiger charge is 2.21. The molecule has 1 aromatic rings. The van der Waals surface area contributed by atoms with Crippen LogP contribution in [0.5, 0.6) is 0 Å². The van der Waals surface area contributed by atoms with E-state index in [9.17, 15) is 0 Å². The van der Waals surface area contributed by atoms with Crippen molar-refractivity contribution in [2.24, 2.45) is 0 Å². The molecule has 1 aliphatic rings. The molecule has 0 atom stereocenters. The fourth-order valence-electron chi connectivity index (χ4n) is 2.02. The van der Waals surface area contributed by atoms with Gasteiger partial charge >= 0.3 is 0 Å². The molecule has 0 saturated carbocycles. The minimum Gasteiger partial charge on any atom is -0.317 e. The topological polar surface area (TPSA) is 42.7 Å². The lowest BCUT2D eigenvalue weighted by Gasteiger charge is -2.23. The predicted octanol–water partition coefficient (Wildman–Crippen LogP) is 2.17. The normalized spacial score (nSPS) is 16.7. The highest BCUT2D eigenvalue weighted by Crippen LogP contribution is 2.24. The second-order valence-corrected chi connectivity index (χ2v) is 4.21. The Morgan fingerprint density at radius 3 is 2.50 bits per heavy atom. The number of nitrogens with zero attached hydrogens (tertiary/aromatic N) is 3. The van der Waals surface area contributed by atoms with Crippen molar-refractivity contribution >= 4 is 24.8 Å². The van der Waals surface area contributed by atoms with E-state index < -0.39 is 0 Å². The Hall–Kier alpha value is -0.320. The fourth-order valence-corrected chi connectivity index (χ4v) is 2.02. The van der Waals surface area contributed by atoms with Crippen molar-refractivity contribution in [3.05, 3.63) is 12.2 Å². The largest absolute Gasteiger partial charge is 0.317 e. The lowest BCUT2D eigenvalue weighted by molar-refractivity contribution is 0.420. The van der Waals surface area contributed by atoms with Gasteiger partial charge < -0.3 is 9.88 Å². The Morgan fingerprint density at radius 2 is 1.94 bits per heavy atom. The summed E-state index contributed by atoms with van der Waals surface area (Å²) in [6.45, 7) is 6.56. The summed E-state index contributed by atoms with van der Waals surface area (Å²) >= 11 is 0. The number of hydrogen-bond donors (Lipinski definition) is 1. The van der Waals surface area contributed by atoms with Gasteiger partial charge in [0.1, 0.15) is 12.2 Å². The van der Waals surface area contributed by atoms with Gasteiger partial charge in [0.15, 0.2) is 0 Å². The molecule has 1 aromatic heterocycles. The van der Waals surface area contributed by atoms with Crippen LogP contribution in [0, 0.1) is 0 Å². The summed E-state index contributed by atoms with van der Waals surface area (Å²) in [4.78, 5) is 0. The molecule has 16 heavy (non-hydrogen) atoms. The third kappa shape index (κ3) is 3.34. The third-order valence-corrected chi connectivity index (χ3v) is 2.86. The molecule has 2 heterocycles. The average molecular weight is 267 g/mol. The van der Waals surface area contributed by atoms with Crippen LogP contribution in [0.15, 0.2) is 6.33 Å². The number of nitrogens with one attached hydrogen (secondary N) is 1. The van der Waals surface area contributed by atoms with Crippen LogP contribution in [0.1, 0.15) is 44.5 Å². The molecule has 0 aliphatic carbocycles. The van der Waals surface area contributed by atoms with Gasteiger partial charge in [0, 0.05) is 12.0 Å². The van der Waals surface area contributed by atoms with Crippen LogP contribution in [0.4, 0.5) is 0 Å². The first-order chi connectivity index (χ1) is 6.79. The third-order valence-electron chi connectivity index (χ3n) is 2.86. The molecule has 0 bridgehead atoms. The molecule has 0 amide bonds. The fraction of sp³-hybridized carbons (Fsp3) is 0.800. The molecule has 1 N–H and O–H groups in total. The van der Waals surface area contributed by atoms with E-state index in [0.29, 0.717) is 12.0 Å². The Morgan fingerprint density at radius 1 is 1.31 bits per heavy atom. The number of aromatic nitrogens is 3. The summed E-state index contributed by atoms with van der Waals surface area (Å²) < 4.78 is 2.19. The standard InChI is InChI=1S/C10H18N4.2ClH/c1-8(2)14-7-12-13-10(14)9-3-5-11-6-4-9;;/h7-9,11H,3-6H2,1-2H3;2*1H. The van der Waals surface area contributed by atoms with Gasteiger partial charge in [0.2, 0.25) is 0 Å². The maximum Gasteiger partial charge on any atom is 0.136 e. The van der Waals surface area contributed by atoms with Crippen LogP contribution < -0.4 is 5.32 Å². The summed E-state index contributed by atoms with van der Waals surface area (Å²) in [7, 11) is 0. The van der Waals surface area contributed by atoms with Crippen LogP contribution in [0.2, 0.25) is 0 Å². The summed E-state index contributed by atoms with van der Waals surface area (Å²) in [5, 5.41) is 11.6. The molecule has 6 heteroatoms. The van der Waals surface area contributed by atoms with E-state index in [4.69, 9.17) is 0 Å². The lowest BCUT2D eigenvalue weighted by Crippen LogP contribution is -2.28. The van der Waals surface area contributed by atoms with Crippen LogP contribution in [0.3, 0.4) is 0 Å². The van der Waals surface area contributed by atoms with Gasteiger partial charge in [-0.2, -0.15) is 0 Å². The Balaban J connectivity index is 0.00000112. The van der Waals surface area contributed by atoms with Crippen molar-refractivity contribution < 1.29 is 0 Å². The molecule has 1 aliphatic heterocycles. The van der Waals surface area contributed by atoms with E-state index in [1.165, 1.54) is 18.7 Å². The molecular weight excluding hydrogens is 247 g/mol. The molecule has 0 radical (unpaired) electrons. The first kappa shape index (κ1) is 15.7. The first-order valence-corrected chi connectivity index (χ1v) is 5.39. The van der Waals surface area contributed by atoms with Gasteiger partial charge in [-0.05, 0) is 39.8 Å². The second kappa shape index (κ2) is 7.09. The van der Waals surface area contributed by atoms with Gasteiger partial charge in [-0.15, -0.1) is 35.0 Å². The van der Waals surface area contributed by atoms with Crippen LogP contribution >= 0.6 is 24.8 Å². The monoisotopic (exact) mass is 266 g/mol. The molecular formula is C10H20Cl2N4. The summed E-state index contributed by atoms with van der Waals surface area (Å²) in [6, 6.07) is 0.467. The zero-order valence-corrected chi connectivity index (χ0v) is 11.4. The minimum atomic E-state index is 0. The van der Waals surface area contributed by atoms with Crippen molar-refractivity contribution in [2.75, 3.05) is 13.1 Å². The minimum absolute atomic E-state index is 0. The lowest BCUT2D eigenvalue weighted by atomic mass is 9.97. The average Bonchev–Trinajstić information content (AvgIpc) is 2.67. The predicted molar refractivity (Wildman–Crippen MR) is 69.7 cm³/mol. The number of halogens is 2. The second-order valence-electron chi connectivity index (χ2n) is 4.21. The molecule has 1 fully saturated rings. The van der Waals surface area contributed by atoms with E-state index in [1.54, 1.807) is 0 Å². The molecule has 4 nitrogen and oxygen atoms in total. The molecule has 0 unspecified atom stereocenters. The van der Waals surface area contributed by atoms with Crippen molar-refractivity contribution in [2.45, 2.75) is 38.6 Å². The summed E-state index contributed by atoms with van der Waals surface area (Å²) in [6.07, 6.45) is 4.22. The van der Waals surface area contributed by atoms with Gasteiger partial charge in [0.05, 0.1) is 0 Å². The molecule has 0 spiro atoms. The SMILES string of the molecule is CC(C)n1cnnc1C1CCNCC1.Cl.Cl. The van der Waals surface area contributed by atoms with Crippen molar-refractivity contribution in [1.29, 1.82) is 0 Å². The van der Waals surface area contributed by atoms with Crippen molar-refractivity contribution in [1.82, 2.24) is 20.1 Å². The molecule has 2 rings (SSSR count). The summed E-state index contributed by atoms with van der Waals surface area (Å²) in [5.41, 5.74) is 0. The summed E-state index contributed by atoms with van der Waals surface area (Å²) in [5.74, 6) is 1.77. The smallest absolute Gasteiger partial charge is 0.136 e. The van der Waals surface area contributed by atoms with Crippen LogP contribution in [0.25, 0.3) is 0 Å². The van der Waals surface area contributed by atoms with Crippen LogP contribution in [-0.4, -0.2) is 27.9 Å². The maximum absolute atomic E-state index is 4.25. The number of rotatable bonds is 2. The molecule has 94 valence electrons. The quantitative estimate of drug-likeness (QED) is 0.893. The zero-order valence-electron chi connectivity index (χ0n) is 9.72. The zero-order chi connectivity index (χ0) is 9.97. The van der Waals surface area contributed by atoms with Gasteiger partial charge in [0.25, 0.3) is 0 Å². The highest BCUT2D eigenvalue weighted by atomic mass is 35.5. The molecule has 0 aromatic carbocycles. The number of piperidine rings is 1. The van der Waals surface area contributed by atoms with Crippen LogP contribution in [-0.2, 0) is 0 Å². The van der Waals surface area contributed by atoms with Gasteiger partial charge in [-0.3, -0.25) is 0 Å².